The summed E-state index contributed by atoms with van der Waals surface area (Å²) in [5.74, 6) is 6.59. The van der Waals surface area contributed by atoms with Crippen LogP contribution in [0.15, 0.2) is 34.2 Å². The Morgan fingerprint density at radius 3 is 2.64 bits per heavy atom. The molecule has 0 spiro atoms. The smallest absolute Gasteiger partial charge is 0.349 e. The van der Waals surface area contributed by atoms with Crippen molar-refractivity contribution < 1.29 is 19.0 Å². The Bertz CT molecular complexity index is 1020. The number of quaternary nitrogens is 1. The van der Waals surface area contributed by atoms with E-state index in [4.69, 9.17) is 14.2 Å². The molecule has 36 heavy (non-hydrogen) atoms. The van der Waals surface area contributed by atoms with Gasteiger partial charge in [-0.3, -0.25) is 4.65 Å². The van der Waals surface area contributed by atoms with Crippen LogP contribution in [0.1, 0.15) is 52.4 Å². The van der Waals surface area contributed by atoms with Crippen molar-refractivity contribution in [2.24, 2.45) is 0 Å². The Hall–Kier alpha value is -2.16. The van der Waals surface area contributed by atoms with Gasteiger partial charge >= 0.3 is 12.3 Å². The second kappa shape index (κ2) is 14.5. The Morgan fingerprint density at radius 2 is 1.97 bits per heavy atom. The summed E-state index contributed by atoms with van der Waals surface area (Å²) in [5.41, 5.74) is 0. The molecule has 0 bridgehead atoms. The fraction of sp³-hybridized carbons (Fsp3) is 0.538. The van der Waals surface area contributed by atoms with E-state index >= 15 is 0 Å². The molecule has 0 N–H and O–H groups in total. The fourth-order valence-electron chi connectivity index (χ4n) is 3.89. The van der Waals surface area contributed by atoms with Gasteiger partial charge < -0.3 is 19.4 Å². The van der Waals surface area contributed by atoms with Crippen molar-refractivity contribution in [3.63, 3.8) is 0 Å². The third kappa shape index (κ3) is 8.18. The van der Waals surface area contributed by atoms with E-state index in [2.05, 4.69) is 39.7 Å². The van der Waals surface area contributed by atoms with Gasteiger partial charge in [-0.2, -0.15) is 4.98 Å². The van der Waals surface area contributed by atoms with Gasteiger partial charge in [-0.05, 0) is 71.3 Å². The van der Waals surface area contributed by atoms with Gasteiger partial charge in [-0.15, -0.1) is 11.8 Å². The summed E-state index contributed by atoms with van der Waals surface area (Å²) in [5, 5.41) is 14.2. The molecule has 3 rings (SSSR count). The number of hydrogen-bond donors (Lipinski definition) is 0. The Balaban J connectivity index is 1.55. The molecule has 1 aliphatic rings. The molecule has 2 heterocycles. The predicted molar refractivity (Wildman–Crippen MR) is 146 cm³/mol. The lowest BCUT2D eigenvalue weighted by Crippen LogP contribution is -2.54. The van der Waals surface area contributed by atoms with Crippen molar-refractivity contribution in [2.75, 3.05) is 32.8 Å². The monoisotopic (exact) mass is 579 g/mol. The Morgan fingerprint density at radius 1 is 1.22 bits per heavy atom. The first kappa shape index (κ1) is 28.4. The predicted octanol–water partition coefficient (Wildman–Crippen LogP) is 5.69. The van der Waals surface area contributed by atoms with Gasteiger partial charge in [0, 0.05) is 13.0 Å². The summed E-state index contributed by atoms with van der Waals surface area (Å²) in [7, 11) is 0. The maximum Gasteiger partial charge on any atom is 0.349 e. The lowest BCUT2D eigenvalue weighted by molar-refractivity contribution is -0.168. The number of rotatable bonds is 14. The van der Waals surface area contributed by atoms with E-state index < -0.39 is 17.0 Å². The van der Waals surface area contributed by atoms with Crippen LogP contribution in [0, 0.1) is 17.0 Å². The van der Waals surface area contributed by atoms with E-state index in [-0.39, 0.29) is 13.2 Å². The molecule has 1 saturated heterocycles. The minimum absolute atomic E-state index is 0.248. The first-order valence-electron chi connectivity index (χ1n) is 12.4. The second-order valence-corrected chi connectivity index (χ2v) is 10.9. The highest BCUT2D eigenvalue weighted by atomic mass is 79.9. The molecule has 0 saturated carbocycles. The van der Waals surface area contributed by atoms with Crippen LogP contribution >= 0.6 is 27.3 Å². The number of thiazole rings is 1. The van der Waals surface area contributed by atoms with Crippen molar-refractivity contribution in [3.05, 3.63) is 39.5 Å². The van der Waals surface area contributed by atoms with Gasteiger partial charge in [0.1, 0.15) is 18.0 Å². The Labute approximate surface area is 225 Å². The van der Waals surface area contributed by atoms with Gasteiger partial charge in [-0.1, -0.05) is 26.2 Å². The van der Waals surface area contributed by atoms with E-state index in [0.29, 0.717) is 30.6 Å². The molecule has 1 aliphatic heterocycles. The number of hydroxylamine groups is 2. The van der Waals surface area contributed by atoms with Gasteiger partial charge in [0.15, 0.2) is 6.61 Å². The van der Waals surface area contributed by atoms with Crippen molar-refractivity contribution in [2.45, 2.75) is 58.7 Å². The number of benzene rings is 1. The molecule has 196 valence electrons. The van der Waals surface area contributed by atoms with Crippen LogP contribution in [0.4, 0.5) is 5.13 Å². The summed E-state index contributed by atoms with van der Waals surface area (Å²) in [6.07, 6.45) is 6.67. The van der Waals surface area contributed by atoms with Crippen LogP contribution in [0.3, 0.4) is 0 Å². The third-order valence-electron chi connectivity index (χ3n) is 5.79. The molecular formula is C26H34BrN3O5S. The molecule has 2 aromatic rings. The van der Waals surface area contributed by atoms with Crippen LogP contribution in [0.5, 0.6) is 11.5 Å². The summed E-state index contributed by atoms with van der Waals surface area (Å²) in [6.45, 7) is 5.71. The van der Waals surface area contributed by atoms with Crippen LogP contribution in [0.2, 0.25) is 0 Å². The zero-order chi connectivity index (χ0) is 25.8. The van der Waals surface area contributed by atoms with Crippen LogP contribution in [-0.2, 0) is 9.53 Å². The Kier molecular flexibility index (Phi) is 11.5. The van der Waals surface area contributed by atoms with E-state index in [0.717, 1.165) is 35.2 Å². The number of esters is 1. The highest BCUT2D eigenvalue weighted by molar-refractivity contribution is 9.11. The summed E-state index contributed by atoms with van der Waals surface area (Å²) in [6, 6.07) is 7.15. The minimum Gasteiger partial charge on any atom is -0.622 e. The van der Waals surface area contributed by atoms with E-state index in [1.165, 1.54) is 24.2 Å². The number of hydrogen-bond acceptors (Lipinski definition) is 8. The van der Waals surface area contributed by atoms with Gasteiger partial charge in [0.2, 0.25) is 0 Å². The van der Waals surface area contributed by atoms with E-state index in [1.54, 1.807) is 25.3 Å². The minimum atomic E-state index is -1.02. The van der Waals surface area contributed by atoms with Crippen molar-refractivity contribution in [1.82, 2.24) is 14.5 Å². The number of aromatic nitrogens is 1. The molecule has 10 heteroatoms. The maximum absolute atomic E-state index is 13.8. The molecule has 8 nitrogen and oxygen atoms in total. The molecular weight excluding hydrogens is 546 g/mol. The molecule has 0 radical (unpaired) electrons. The standard InChI is InChI=1S/C26H34BrN3O5S/c1-3-5-7-9-15-29-16-17-30(32,25-28-19-23(27)36-25)26(29)35-24(31)20-34-22-13-11-21(12-14-22)33-18-10-8-6-4-2/h11-14,19,26H,4,6-10,15-18,20H2,1-2H3. The number of carbonyl (C=O) groups excluding carboxylic acids is 1. The summed E-state index contributed by atoms with van der Waals surface area (Å²) < 4.78 is 17.0. The first-order chi connectivity index (χ1) is 17.5. The number of nitrogens with zero attached hydrogens (tertiary/aromatic N) is 3. The quantitative estimate of drug-likeness (QED) is 0.0933. The van der Waals surface area contributed by atoms with Crippen LogP contribution < -0.4 is 14.1 Å². The zero-order valence-corrected chi connectivity index (χ0v) is 23.3. The van der Waals surface area contributed by atoms with Gasteiger partial charge in [0.25, 0.3) is 5.13 Å². The first-order valence-corrected chi connectivity index (χ1v) is 14.0. The highest BCUT2D eigenvalue weighted by Gasteiger charge is 2.47. The average Bonchev–Trinajstić information content (AvgIpc) is 3.45. The molecule has 0 amide bonds. The largest absolute Gasteiger partial charge is 0.622 e. The lowest BCUT2D eigenvalue weighted by Gasteiger charge is -2.40. The SMILES string of the molecule is CC#CCCCN1CC[N+]([O-])(c2ncc(Br)s2)C1OC(=O)COc1ccc(OCCCCCC)cc1. The molecule has 1 aromatic heterocycles. The molecule has 2 unspecified atom stereocenters. The van der Waals surface area contributed by atoms with E-state index in [9.17, 15) is 10.0 Å². The molecule has 1 aromatic carbocycles. The molecule has 2 atom stereocenters. The summed E-state index contributed by atoms with van der Waals surface area (Å²) >= 11 is 4.62. The maximum atomic E-state index is 13.8. The van der Waals surface area contributed by atoms with Crippen LogP contribution in [-0.4, -0.2) is 55.1 Å². The van der Waals surface area contributed by atoms with E-state index in [1.807, 2.05) is 17.0 Å². The number of ether oxygens (including phenoxy) is 3. The van der Waals surface area contributed by atoms with Crippen molar-refractivity contribution in [3.8, 4) is 23.3 Å². The zero-order valence-electron chi connectivity index (χ0n) is 20.9. The molecule has 1 fully saturated rings. The van der Waals surface area contributed by atoms with Crippen molar-refractivity contribution in [1.29, 1.82) is 0 Å². The van der Waals surface area contributed by atoms with Crippen LogP contribution in [0.25, 0.3) is 0 Å². The van der Waals surface area contributed by atoms with Gasteiger partial charge in [-0.25, -0.2) is 9.69 Å². The lowest BCUT2D eigenvalue weighted by atomic mass is 10.2. The van der Waals surface area contributed by atoms with Gasteiger partial charge in [0.05, 0.1) is 23.1 Å². The highest BCUT2D eigenvalue weighted by Crippen LogP contribution is 2.37. The average molecular weight is 581 g/mol. The number of carbonyl (C=O) groups is 1. The fourth-order valence-corrected chi connectivity index (χ4v) is 5.15. The number of halogens is 1. The second-order valence-electron chi connectivity index (χ2n) is 8.52. The number of unbranched alkanes of at least 4 members (excludes halogenated alkanes) is 4. The third-order valence-corrected chi connectivity index (χ3v) is 7.37. The van der Waals surface area contributed by atoms with Crippen molar-refractivity contribution >= 4 is 38.4 Å². The topological polar surface area (TPSA) is 84.0 Å². The molecule has 0 aliphatic carbocycles. The normalized spacial score (nSPS) is 19.5. The summed E-state index contributed by atoms with van der Waals surface area (Å²) in [4.78, 5) is 18.9.